The number of hydrogen-bond acceptors (Lipinski definition) is 3. The summed E-state index contributed by atoms with van der Waals surface area (Å²) in [6, 6.07) is 18.4. The third-order valence-electron chi connectivity index (χ3n) is 4.82. The zero-order valence-corrected chi connectivity index (χ0v) is 14.8. The second kappa shape index (κ2) is 6.54. The highest BCUT2D eigenvalue weighted by atomic mass is 16.7. The lowest BCUT2D eigenvalue weighted by atomic mass is 9.79. The number of nitrogens with zero attached hydrogens (tertiary/aromatic N) is 1. The fourth-order valence-corrected chi connectivity index (χ4v) is 2.56. The van der Waals surface area contributed by atoms with Crippen LogP contribution in [0.25, 0.3) is 0 Å². The highest BCUT2D eigenvalue weighted by Gasteiger charge is 2.51. The zero-order valence-electron chi connectivity index (χ0n) is 14.8. The smallest absolute Gasteiger partial charge is 0.399 e. The average molecular weight is 321 g/mol. The molecule has 0 aromatic heterocycles. The van der Waals surface area contributed by atoms with E-state index in [4.69, 9.17) is 9.31 Å². The Bertz CT molecular complexity index is 692. The Balaban J connectivity index is 1.64. The Kier molecular flexibility index (Phi) is 4.61. The van der Waals surface area contributed by atoms with Gasteiger partial charge in [-0.25, -0.2) is 0 Å². The van der Waals surface area contributed by atoms with Crippen LogP contribution in [0, 0.1) is 0 Å². The van der Waals surface area contributed by atoms with E-state index >= 15 is 0 Å². The van der Waals surface area contributed by atoms with Gasteiger partial charge in [-0.1, -0.05) is 54.6 Å². The molecular formula is C20H24BNO2. The molecule has 0 N–H and O–H groups in total. The molecule has 1 saturated heterocycles. The molecule has 1 heterocycles. The van der Waals surface area contributed by atoms with Gasteiger partial charge < -0.3 is 9.31 Å². The van der Waals surface area contributed by atoms with Crippen LogP contribution in [0.4, 0.5) is 0 Å². The van der Waals surface area contributed by atoms with Gasteiger partial charge in [0.25, 0.3) is 0 Å². The van der Waals surface area contributed by atoms with Gasteiger partial charge in [0.15, 0.2) is 0 Å². The lowest BCUT2D eigenvalue weighted by Crippen LogP contribution is -2.41. The van der Waals surface area contributed by atoms with E-state index in [0.29, 0.717) is 6.54 Å². The molecule has 0 aliphatic carbocycles. The SMILES string of the molecule is CC1(C)OB(c2ccc(C=NCc3ccccc3)cc2)OC1(C)C. The Morgan fingerprint density at radius 1 is 0.875 bits per heavy atom. The molecule has 124 valence electrons. The summed E-state index contributed by atoms with van der Waals surface area (Å²) >= 11 is 0. The van der Waals surface area contributed by atoms with Crippen LogP contribution in [0.15, 0.2) is 59.6 Å². The van der Waals surface area contributed by atoms with Crippen molar-refractivity contribution in [2.24, 2.45) is 4.99 Å². The van der Waals surface area contributed by atoms with E-state index in [-0.39, 0.29) is 18.3 Å². The maximum absolute atomic E-state index is 6.07. The Labute approximate surface area is 144 Å². The van der Waals surface area contributed by atoms with Crippen LogP contribution in [0.3, 0.4) is 0 Å². The first-order valence-corrected chi connectivity index (χ1v) is 8.37. The van der Waals surface area contributed by atoms with Crippen molar-refractivity contribution in [3.05, 3.63) is 65.7 Å². The quantitative estimate of drug-likeness (QED) is 0.636. The predicted molar refractivity (Wildman–Crippen MR) is 99.9 cm³/mol. The van der Waals surface area contributed by atoms with Crippen molar-refractivity contribution in [3.8, 4) is 0 Å². The van der Waals surface area contributed by atoms with Gasteiger partial charge in [-0.2, -0.15) is 0 Å². The van der Waals surface area contributed by atoms with Crippen molar-refractivity contribution in [3.63, 3.8) is 0 Å². The van der Waals surface area contributed by atoms with E-state index in [9.17, 15) is 0 Å². The highest BCUT2D eigenvalue weighted by molar-refractivity contribution is 6.62. The average Bonchev–Trinajstić information content (AvgIpc) is 2.77. The molecule has 2 aromatic rings. The fourth-order valence-electron chi connectivity index (χ4n) is 2.56. The molecule has 1 aliphatic rings. The molecule has 0 bridgehead atoms. The van der Waals surface area contributed by atoms with Gasteiger partial charge in [-0.05, 0) is 44.3 Å². The Morgan fingerprint density at radius 2 is 1.46 bits per heavy atom. The van der Waals surface area contributed by atoms with Gasteiger partial charge >= 0.3 is 7.12 Å². The summed E-state index contributed by atoms with van der Waals surface area (Å²) in [5.41, 5.74) is 2.70. The summed E-state index contributed by atoms with van der Waals surface area (Å²) < 4.78 is 12.1. The highest BCUT2D eigenvalue weighted by Crippen LogP contribution is 2.36. The van der Waals surface area contributed by atoms with Gasteiger partial charge in [-0.3, -0.25) is 4.99 Å². The van der Waals surface area contributed by atoms with Crippen LogP contribution in [0.5, 0.6) is 0 Å². The molecular weight excluding hydrogens is 297 g/mol. The van der Waals surface area contributed by atoms with Crippen molar-refractivity contribution in [2.75, 3.05) is 0 Å². The fraction of sp³-hybridized carbons (Fsp3) is 0.350. The van der Waals surface area contributed by atoms with Gasteiger partial charge in [0.05, 0.1) is 17.7 Å². The molecule has 1 fully saturated rings. The second-order valence-electron chi connectivity index (χ2n) is 7.21. The Morgan fingerprint density at radius 3 is 2.04 bits per heavy atom. The zero-order chi connectivity index (χ0) is 17.2. The summed E-state index contributed by atoms with van der Waals surface area (Å²) in [5.74, 6) is 0. The molecule has 2 aromatic carbocycles. The maximum atomic E-state index is 6.07. The van der Waals surface area contributed by atoms with E-state index in [1.54, 1.807) is 0 Å². The molecule has 0 radical (unpaired) electrons. The topological polar surface area (TPSA) is 30.8 Å². The molecule has 0 atom stereocenters. The van der Waals surface area contributed by atoms with Gasteiger partial charge in [0.1, 0.15) is 0 Å². The third-order valence-corrected chi connectivity index (χ3v) is 4.82. The minimum Gasteiger partial charge on any atom is -0.399 e. The lowest BCUT2D eigenvalue weighted by molar-refractivity contribution is 0.00578. The van der Waals surface area contributed by atoms with E-state index < -0.39 is 0 Å². The van der Waals surface area contributed by atoms with E-state index in [1.807, 2.05) is 36.5 Å². The van der Waals surface area contributed by atoms with Crippen molar-refractivity contribution >= 4 is 18.8 Å². The van der Waals surface area contributed by atoms with Crippen molar-refractivity contribution < 1.29 is 9.31 Å². The summed E-state index contributed by atoms with van der Waals surface area (Å²) in [4.78, 5) is 4.50. The molecule has 3 nitrogen and oxygen atoms in total. The number of rotatable bonds is 4. The normalized spacial score (nSPS) is 19.1. The monoisotopic (exact) mass is 321 g/mol. The minimum atomic E-state index is -0.315. The molecule has 1 aliphatic heterocycles. The van der Waals surface area contributed by atoms with Crippen LogP contribution < -0.4 is 5.46 Å². The van der Waals surface area contributed by atoms with Crippen LogP contribution in [0.2, 0.25) is 0 Å². The van der Waals surface area contributed by atoms with Crippen molar-refractivity contribution in [1.82, 2.24) is 0 Å². The van der Waals surface area contributed by atoms with Gasteiger partial charge in [0.2, 0.25) is 0 Å². The van der Waals surface area contributed by atoms with E-state index in [0.717, 1.165) is 11.0 Å². The molecule has 0 spiro atoms. The summed E-state index contributed by atoms with van der Waals surface area (Å²) in [6.07, 6.45) is 1.90. The number of benzene rings is 2. The minimum absolute atomic E-state index is 0.312. The van der Waals surface area contributed by atoms with Crippen molar-refractivity contribution in [1.29, 1.82) is 0 Å². The number of hydrogen-bond donors (Lipinski definition) is 0. The molecule has 24 heavy (non-hydrogen) atoms. The molecule has 0 unspecified atom stereocenters. The number of aliphatic imine (C=N–C) groups is 1. The first-order valence-electron chi connectivity index (χ1n) is 8.37. The van der Waals surface area contributed by atoms with Gasteiger partial charge in [-0.15, -0.1) is 0 Å². The summed E-state index contributed by atoms with van der Waals surface area (Å²) in [5, 5.41) is 0. The Hall–Kier alpha value is -1.91. The van der Waals surface area contributed by atoms with Crippen LogP contribution in [-0.2, 0) is 15.9 Å². The van der Waals surface area contributed by atoms with Crippen molar-refractivity contribution in [2.45, 2.75) is 45.4 Å². The lowest BCUT2D eigenvalue weighted by Gasteiger charge is -2.32. The molecule has 0 amide bonds. The largest absolute Gasteiger partial charge is 0.494 e. The maximum Gasteiger partial charge on any atom is 0.494 e. The van der Waals surface area contributed by atoms with Gasteiger partial charge in [0, 0.05) is 6.21 Å². The first-order chi connectivity index (χ1) is 11.4. The second-order valence-corrected chi connectivity index (χ2v) is 7.21. The van der Waals surface area contributed by atoms with E-state index in [1.165, 1.54) is 5.56 Å². The molecule has 3 rings (SSSR count). The van der Waals surface area contributed by atoms with Crippen LogP contribution in [-0.4, -0.2) is 24.5 Å². The summed E-state index contributed by atoms with van der Waals surface area (Å²) in [6.45, 7) is 8.96. The summed E-state index contributed by atoms with van der Waals surface area (Å²) in [7, 11) is -0.315. The first kappa shape index (κ1) is 16.9. The van der Waals surface area contributed by atoms with E-state index in [2.05, 4.69) is 57.0 Å². The van der Waals surface area contributed by atoms with Crippen LogP contribution >= 0.6 is 0 Å². The van der Waals surface area contributed by atoms with Crippen LogP contribution in [0.1, 0.15) is 38.8 Å². The third kappa shape index (κ3) is 3.60. The molecule has 4 heteroatoms. The predicted octanol–water partition coefficient (Wildman–Crippen LogP) is 3.60. The standard InChI is InChI=1S/C20H24BNO2/c1-19(2)20(3,4)24-21(23-19)18-12-10-17(11-13-18)15-22-14-16-8-6-5-7-9-16/h5-13,15H,14H2,1-4H3. The molecule has 0 saturated carbocycles.